The number of alkyl halides is 1. The van der Waals surface area contributed by atoms with Crippen LogP contribution in [0.4, 0.5) is 0 Å². The van der Waals surface area contributed by atoms with E-state index in [1.807, 2.05) is 0 Å². The average Bonchev–Trinajstić information content (AvgIpc) is 2.75. The van der Waals surface area contributed by atoms with Crippen LogP contribution in [0.5, 0.6) is 0 Å². The van der Waals surface area contributed by atoms with Gasteiger partial charge in [-0.1, -0.05) is 12.8 Å². The first-order valence-corrected chi connectivity index (χ1v) is 8.36. The summed E-state index contributed by atoms with van der Waals surface area (Å²) >= 11 is 5.93. The lowest BCUT2D eigenvalue weighted by atomic mass is 10.0. The molecule has 2 aliphatic rings. The second-order valence-electron chi connectivity index (χ2n) is 5.12. The van der Waals surface area contributed by atoms with E-state index in [4.69, 9.17) is 11.6 Å². The Labute approximate surface area is 107 Å². The number of nitrogens with one attached hydrogen (secondary N) is 1. The Morgan fingerprint density at radius 2 is 1.88 bits per heavy atom. The number of amides is 1. The van der Waals surface area contributed by atoms with Gasteiger partial charge in [-0.15, -0.1) is 11.6 Å². The lowest BCUT2D eigenvalue weighted by Crippen LogP contribution is -2.41. The van der Waals surface area contributed by atoms with Crippen molar-refractivity contribution in [3.05, 3.63) is 0 Å². The lowest BCUT2D eigenvalue weighted by molar-refractivity contribution is -0.122. The van der Waals surface area contributed by atoms with Crippen LogP contribution in [0.1, 0.15) is 32.1 Å². The Balaban J connectivity index is 1.82. The Kier molecular flexibility index (Phi) is 3.98. The molecule has 2 rings (SSSR count). The molecule has 0 aromatic carbocycles. The molecule has 2 fully saturated rings. The van der Waals surface area contributed by atoms with Crippen LogP contribution in [-0.2, 0) is 14.6 Å². The summed E-state index contributed by atoms with van der Waals surface area (Å²) in [6, 6.07) is -0.407. The molecule has 0 spiro atoms. The molecular formula is C11H18ClNO3S. The number of hydrogen-bond acceptors (Lipinski definition) is 3. The van der Waals surface area contributed by atoms with Crippen molar-refractivity contribution in [2.45, 2.75) is 43.5 Å². The number of hydrogen-bond donors (Lipinski definition) is 1. The van der Waals surface area contributed by atoms with Crippen LogP contribution in [0, 0.1) is 5.92 Å². The van der Waals surface area contributed by atoms with Crippen LogP contribution >= 0.6 is 11.6 Å². The van der Waals surface area contributed by atoms with E-state index in [1.54, 1.807) is 0 Å². The summed E-state index contributed by atoms with van der Waals surface area (Å²) < 4.78 is 22.7. The van der Waals surface area contributed by atoms with Gasteiger partial charge in [0.05, 0.1) is 22.9 Å². The first-order valence-electron chi connectivity index (χ1n) is 6.10. The zero-order valence-electron chi connectivity index (χ0n) is 9.69. The smallest absolute Gasteiger partial charge is 0.220 e. The fourth-order valence-corrected chi connectivity index (χ4v) is 5.23. The third-order valence-corrected chi connectivity index (χ3v) is 5.95. The fraction of sp³-hybridized carbons (Fsp3) is 0.909. The van der Waals surface area contributed by atoms with Gasteiger partial charge in [-0.05, 0) is 18.8 Å². The van der Waals surface area contributed by atoms with Gasteiger partial charge in [-0.3, -0.25) is 4.79 Å². The van der Waals surface area contributed by atoms with E-state index in [0.717, 1.165) is 12.8 Å². The van der Waals surface area contributed by atoms with Gasteiger partial charge in [0.1, 0.15) is 0 Å². The molecule has 6 heteroatoms. The number of carbonyl (C=O) groups is 1. The molecule has 0 aromatic rings. The molecule has 98 valence electrons. The molecular weight excluding hydrogens is 262 g/mol. The van der Waals surface area contributed by atoms with Gasteiger partial charge in [0.25, 0.3) is 0 Å². The zero-order chi connectivity index (χ0) is 12.5. The van der Waals surface area contributed by atoms with E-state index in [-0.39, 0.29) is 17.4 Å². The molecule has 1 saturated carbocycles. The summed E-state index contributed by atoms with van der Waals surface area (Å²) in [5.74, 6) is 0.381. The van der Waals surface area contributed by atoms with E-state index < -0.39 is 21.3 Å². The van der Waals surface area contributed by atoms with Gasteiger partial charge < -0.3 is 5.32 Å². The standard InChI is InChI=1S/C11H18ClNO3S/c12-9-6-17(15,16)7-10(9)13-11(14)5-8-3-1-2-4-8/h8-10H,1-7H2,(H,13,14). The monoisotopic (exact) mass is 279 g/mol. The van der Waals surface area contributed by atoms with E-state index in [0.29, 0.717) is 12.3 Å². The van der Waals surface area contributed by atoms with Gasteiger partial charge in [0, 0.05) is 6.42 Å². The zero-order valence-corrected chi connectivity index (χ0v) is 11.3. The highest BCUT2D eigenvalue weighted by Gasteiger charge is 2.37. The minimum absolute atomic E-state index is 0.0163. The minimum atomic E-state index is -3.06. The van der Waals surface area contributed by atoms with Crippen LogP contribution in [0.3, 0.4) is 0 Å². The molecule has 4 nitrogen and oxygen atoms in total. The maximum atomic E-state index is 11.7. The highest BCUT2D eigenvalue weighted by atomic mass is 35.5. The summed E-state index contributed by atoms with van der Waals surface area (Å²) in [5.41, 5.74) is 0. The van der Waals surface area contributed by atoms with Gasteiger partial charge >= 0.3 is 0 Å². The maximum absolute atomic E-state index is 11.7. The van der Waals surface area contributed by atoms with E-state index in [9.17, 15) is 13.2 Å². The molecule has 1 aliphatic heterocycles. The largest absolute Gasteiger partial charge is 0.351 e. The Hall–Kier alpha value is -0.290. The van der Waals surface area contributed by atoms with Gasteiger partial charge in [0.2, 0.25) is 5.91 Å². The van der Waals surface area contributed by atoms with Crippen molar-refractivity contribution in [2.75, 3.05) is 11.5 Å². The van der Waals surface area contributed by atoms with Crippen LogP contribution in [-0.4, -0.2) is 37.2 Å². The van der Waals surface area contributed by atoms with Crippen LogP contribution < -0.4 is 5.32 Å². The molecule has 1 amide bonds. The molecule has 1 saturated heterocycles. The first-order chi connectivity index (χ1) is 7.96. The maximum Gasteiger partial charge on any atom is 0.220 e. The molecule has 1 heterocycles. The van der Waals surface area contributed by atoms with Crippen molar-refractivity contribution >= 4 is 27.3 Å². The SMILES string of the molecule is O=C(CC1CCCC1)NC1CS(=O)(=O)CC1Cl. The van der Waals surface area contributed by atoms with Gasteiger partial charge in [-0.25, -0.2) is 8.42 Å². The predicted octanol–water partition coefficient (Wildman–Crippen LogP) is 1.09. The number of rotatable bonds is 3. The molecule has 2 atom stereocenters. The average molecular weight is 280 g/mol. The van der Waals surface area contributed by atoms with Crippen LogP contribution in [0.2, 0.25) is 0 Å². The molecule has 0 aromatic heterocycles. The summed E-state index contributed by atoms with van der Waals surface area (Å²) in [6.45, 7) is 0. The summed E-state index contributed by atoms with van der Waals surface area (Å²) in [4.78, 5) is 11.7. The molecule has 0 bridgehead atoms. The number of sulfone groups is 1. The van der Waals surface area contributed by atoms with E-state index in [1.165, 1.54) is 12.8 Å². The topological polar surface area (TPSA) is 63.2 Å². The summed E-state index contributed by atoms with van der Waals surface area (Å²) in [7, 11) is -3.06. The van der Waals surface area contributed by atoms with Crippen LogP contribution in [0.25, 0.3) is 0 Å². The molecule has 2 unspecified atom stereocenters. The molecule has 1 aliphatic carbocycles. The minimum Gasteiger partial charge on any atom is -0.351 e. The van der Waals surface area contributed by atoms with Gasteiger partial charge in [0.15, 0.2) is 9.84 Å². The Bertz CT molecular complexity index is 390. The van der Waals surface area contributed by atoms with Crippen molar-refractivity contribution in [3.8, 4) is 0 Å². The summed E-state index contributed by atoms with van der Waals surface area (Å²) in [6.07, 6.45) is 5.14. The second-order valence-corrected chi connectivity index (χ2v) is 7.84. The molecule has 0 radical (unpaired) electrons. The van der Waals surface area contributed by atoms with Crippen molar-refractivity contribution in [1.82, 2.24) is 5.32 Å². The highest BCUT2D eigenvalue weighted by Crippen LogP contribution is 2.27. The van der Waals surface area contributed by atoms with Gasteiger partial charge in [-0.2, -0.15) is 0 Å². The third-order valence-electron chi connectivity index (χ3n) is 3.58. The molecule has 17 heavy (non-hydrogen) atoms. The van der Waals surface area contributed by atoms with Crippen molar-refractivity contribution in [2.24, 2.45) is 5.92 Å². The number of halogens is 1. The Morgan fingerprint density at radius 1 is 1.24 bits per heavy atom. The number of carbonyl (C=O) groups excluding carboxylic acids is 1. The Morgan fingerprint density at radius 3 is 2.41 bits per heavy atom. The van der Waals surface area contributed by atoms with E-state index in [2.05, 4.69) is 5.32 Å². The van der Waals surface area contributed by atoms with Crippen molar-refractivity contribution < 1.29 is 13.2 Å². The highest BCUT2D eigenvalue weighted by molar-refractivity contribution is 7.91. The lowest BCUT2D eigenvalue weighted by Gasteiger charge is -2.16. The molecule has 1 N–H and O–H groups in total. The predicted molar refractivity (Wildman–Crippen MR) is 66.8 cm³/mol. The van der Waals surface area contributed by atoms with Crippen LogP contribution in [0.15, 0.2) is 0 Å². The third kappa shape index (κ3) is 3.58. The quantitative estimate of drug-likeness (QED) is 0.787. The normalized spacial score (nSPS) is 32.8. The first kappa shape index (κ1) is 13.1. The van der Waals surface area contributed by atoms with Crippen molar-refractivity contribution in [3.63, 3.8) is 0 Å². The second kappa shape index (κ2) is 5.14. The fourth-order valence-electron chi connectivity index (χ4n) is 2.68. The van der Waals surface area contributed by atoms with E-state index >= 15 is 0 Å². The summed E-state index contributed by atoms with van der Waals surface area (Å²) in [5, 5.41) is 2.28. The van der Waals surface area contributed by atoms with Crippen molar-refractivity contribution in [1.29, 1.82) is 0 Å².